The van der Waals surface area contributed by atoms with E-state index >= 15 is 0 Å². The lowest BCUT2D eigenvalue weighted by Crippen LogP contribution is -2.64. The Balaban J connectivity index is 0.796. The molecule has 0 radical (unpaired) electrons. The molecule has 0 aliphatic carbocycles. The van der Waals surface area contributed by atoms with E-state index in [0.29, 0.717) is 0 Å². The number of hydrogen-bond donors (Lipinski definition) is 0. The number of nitrogens with zero attached hydrogens (tertiary/aromatic N) is 5. The molecule has 11 heteroatoms. The van der Waals surface area contributed by atoms with Crippen molar-refractivity contribution >= 4 is 226 Å². The minimum atomic E-state index is -0.341. The van der Waals surface area contributed by atoms with Gasteiger partial charge in [0.2, 0.25) is 0 Å². The summed E-state index contributed by atoms with van der Waals surface area (Å²) in [6, 6.07) is 161. The maximum Gasteiger partial charge on any atom is 0.256 e. The summed E-state index contributed by atoms with van der Waals surface area (Å²) < 4.78 is 15.7. The van der Waals surface area contributed by atoms with Crippen molar-refractivity contribution < 1.29 is 4.74 Å². The molecule has 0 fully saturated rings. The number of rotatable bonds is 13. The molecule has 19 aromatic carbocycles. The van der Waals surface area contributed by atoms with E-state index in [2.05, 4.69) is 455 Å². The van der Waals surface area contributed by atoms with Crippen molar-refractivity contribution in [2.75, 3.05) is 24.5 Å². The molecule has 0 unspecified atom stereocenters. The van der Waals surface area contributed by atoms with E-state index in [1.54, 1.807) is 0 Å². The van der Waals surface area contributed by atoms with E-state index in [9.17, 15) is 0 Å². The minimum Gasteiger partial charge on any atom is -0.458 e. The summed E-state index contributed by atoms with van der Waals surface area (Å²) in [4.78, 5) is 13.0. The second-order valence-electron chi connectivity index (χ2n) is 32.8. The summed E-state index contributed by atoms with van der Waals surface area (Å²) in [5, 5.41) is 7.27. The molecule has 0 N–H and O–H groups in total. The molecule has 0 saturated carbocycles. The molecule has 7 heterocycles. The quantitative estimate of drug-likeness (QED) is 0.107. The predicted octanol–water partition coefficient (Wildman–Crippen LogP) is 28.9. The van der Waals surface area contributed by atoms with Crippen LogP contribution < -0.4 is 62.0 Å². The van der Waals surface area contributed by atoms with Gasteiger partial charge in [-0.2, -0.15) is 0 Å². The van der Waals surface area contributed by atoms with E-state index in [1.807, 2.05) is 34.0 Å². The highest BCUT2D eigenvalue weighted by Crippen LogP contribution is 2.58. The SMILES string of the molecule is c1ccc(-c2cccc(-c3ccccc3)c2N2c3ccccc3B3c4cc5c(cc4Oc4cc(N(c6ccccc6)c6cccc7sc8ccccc8c67)cc2c43)N(c2cccc3sc4ccccc4c23)c2cc(N(c3ccccc3)c3cccc4sc6ccccc6c34)cc3c2B5c2ccccc2N3c2c(-c3ccccc3)cccc2-c2ccccc2)cc1. The number of anilines is 15. The molecule has 0 atom stereocenters. The average Bonchev–Trinajstić information content (AvgIpc) is 1.44. The number of hydrogen-bond acceptors (Lipinski definition) is 9. The monoisotopic (exact) mass is 1640 g/mol. The second-order valence-corrected chi connectivity index (χ2v) is 36.0. The fourth-order valence-electron chi connectivity index (χ4n) is 20.9. The molecule has 3 aromatic heterocycles. The first-order valence-corrected chi connectivity index (χ1v) is 45.2. The van der Waals surface area contributed by atoms with Gasteiger partial charge in [-0.3, -0.25) is 0 Å². The first-order chi connectivity index (χ1) is 62.1. The van der Waals surface area contributed by atoms with Gasteiger partial charge in [-0.05, 0) is 164 Å². The van der Waals surface area contributed by atoms with Crippen molar-refractivity contribution in [1.82, 2.24) is 0 Å². The Kier molecular flexibility index (Phi) is 16.4. The van der Waals surface area contributed by atoms with Gasteiger partial charge in [0.25, 0.3) is 13.4 Å². The van der Waals surface area contributed by atoms with Crippen LogP contribution in [0.15, 0.2) is 431 Å². The zero-order valence-corrected chi connectivity index (χ0v) is 70.0. The van der Waals surface area contributed by atoms with Gasteiger partial charge in [0.05, 0.1) is 39.8 Å². The van der Waals surface area contributed by atoms with Crippen LogP contribution in [0.5, 0.6) is 11.5 Å². The van der Waals surface area contributed by atoms with E-state index in [1.165, 1.54) is 82.4 Å². The van der Waals surface area contributed by atoms with Crippen molar-refractivity contribution in [3.05, 3.63) is 431 Å². The molecule has 4 aliphatic rings. The molecular formula is C114H71B2N5OS3. The van der Waals surface area contributed by atoms with Crippen LogP contribution in [0.3, 0.4) is 0 Å². The van der Waals surface area contributed by atoms with Gasteiger partial charge >= 0.3 is 0 Å². The molecular weight excluding hydrogens is 1570 g/mol. The van der Waals surface area contributed by atoms with Crippen LogP contribution in [0.1, 0.15) is 0 Å². The van der Waals surface area contributed by atoms with Gasteiger partial charge in [-0.25, -0.2) is 0 Å². The normalized spacial score (nSPS) is 12.8. The van der Waals surface area contributed by atoms with E-state index in [-0.39, 0.29) is 13.4 Å². The predicted molar refractivity (Wildman–Crippen MR) is 536 cm³/mol. The summed E-state index contributed by atoms with van der Waals surface area (Å²) in [5.41, 5.74) is 31.8. The first-order valence-electron chi connectivity index (χ1n) is 42.8. The van der Waals surface area contributed by atoms with Crippen LogP contribution in [0.25, 0.3) is 105 Å². The van der Waals surface area contributed by atoms with Crippen molar-refractivity contribution in [3.8, 4) is 56.0 Å². The highest BCUT2D eigenvalue weighted by Gasteiger charge is 2.50. The van der Waals surface area contributed by atoms with Gasteiger partial charge in [0.1, 0.15) is 11.5 Å². The van der Waals surface area contributed by atoms with Crippen molar-refractivity contribution in [2.24, 2.45) is 0 Å². The Morgan fingerprint density at radius 1 is 0.216 bits per heavy atom. The van der Waals surface area contributed by atoms with E-state index in [0.717, 1.165) is 152 Å². The maximum atomic E-state index is 8.36. The van der Waals surface area contributed by atoms with Crippen LogP contribution in [-0.4, -0.2) is 13.4 Å². The smallest absolute Gasteiger partial charge is 0.256 e. The summed E-state index contributed by atoms with van der Waals surface area (Å²) in [6.07, 6.45) is 0. The van der Waals surface area contributed by atoms with Crippen LogP contribution in [0.2, 0.25) is 0 Å². The van der Waals surface area contributed by atoms with Crippen molar-refractivity contribution in [3.63, 3.8) is 0 Å². The van der Waals surface area contributed by atoms with Crippen LogP contribution in [-0.2, 0) is 0 Å². The Morgan fingerprint density at radius 2 is 0.560 bits per heavy atom. The lowest BCUT2D eigenvalue weighted by molar-refractivity contribution is 0.488. The summed E-state index contributed by atoms with van der Waals surface area (Å²) >= 11 is 5.56. The standard InChI is InChI=1S/C114H71B2N5OS3/c1-7-34-72(35-8-1)80-49-29-50-81(73-36-9-2-10-37-73)113(80)120-91-55-24-22-53-87(91)115-89-70-90-100(71-96(89)119(95-59-33-65-107-110(95)86-48-21-28-62-104(86)125-107)97-66-78(67-98(120)111(97)115)117(76-42-15-5-16-43-76)93-57-31-63-105-108(93)84-46-19-26-60-102(84)123-105)122-101-69-79(118(77-44-17-6-18-45-77)94-58-32-64-106-109(94)85-47-20-27-61-103(85)124-106)68-99-112(101)116(90)88-54-23-25-56-92(88)121(99)114-82(74-38-11-3-12-39-74)51-30-52-83(114)75-40-13-4-14-41-75/h1-71H. The summed E-state index contributed by atoms with van der Waals surface area (Å²) in [5.74, 6) is 1.58. The largest absolute Gasteiger partial charge is 0.458 e. The van der Waals surface area contributed by atoms with Gasteiger partial charge in [0.15, 0.2) is 0 Å². The molecule has 0 bridgehead atoms. The lowest BCUT2D eigenvalue weighted by Gasteiger charge is -2.46. The van der Waals surface area contributed by atoms with Gasteiger partial charge in [-0.1, -0.05) is 309 Å². The van der Waals surface area contributed by atoms with Crippen LogP contribution >= 0.6 is 34.0 Å². The topological polar surface area (TPSA) is 25.4 Å². The third-order valence-electron chi connectivity index (χ3n) is 26.0. The van der Waals surface area contributed by atoms with Gasteiger partial charge in [-0.15, -0.1) is 34.0 Å². The number of benzene rings is 19. The summed E-state index contributed by atoms with van der Waals surface area (Å²) in [7, 11) is 0. The second kappa shape index (κ2) is 28.7. The number of fused-ring (bicyclic) bond motifs is 17. The Bertz CT molecular complexity index is 8030. The highest BCUT2D eigenvalue weighted by atomic mass is 32.1. The molecule has 0 spiro atoms. The van der Waals surface area contributed by atoms with E-state index in [4.69, 9.17) is 4.74 Å². The Morgan fingerprint density at radius 3 is 1.02 bits per heavy atom. The number of ether oxygens (including phenoxy) is 1. The Labute approximate surface area is 736 Å². The number of thiophene rings is 3. The fraction of sp³-hybridized carbons (Fsp3) is 0. The zero-order valence-electron chi connectivity index (χ0n) is 67.5. The first kappa shape index (κ1) is 71.5. The molecule has 26 rings (SSSR count). The zero-order chi connectivity index (χ0) is 81.9. The molecule has 582 valence electrons. The average molecular weight is 1640 g/mol. The lowest BCUT2D eigenvalue weighted by atomic mass is 9.30. The van der Waals surface area contributed by atoms with E-state index < -0.39 is 0 Å². The third kappa shape index (κ3) is 11.1. The van der Waals surface area contributed by atoms with Crippen molar-refractivity contribution in [2.45, 2.75) is 0 Å². The van der Waals surface area contributed by atoms with Crippen molar-refractivity contribution in [1.29, 1.82) is 0 Å². The third-order valence-corrected chi connectivity index (χ3v) is 29.4. The van der Waals surface area contributed by atoms with Gasteiger partial charge in [0, 0.05) is 140 Å². The fourth-order valence-corrected chi connectivity index (χ4v) is 24.3. The molecule has 4 aliphatic heterocycles. The highest BCUT2D eigenvalue weighted by molar-refractivity contribution is 7.26. The van der Waals surface area contributed by atoms with Crippen LogP contribution in [0, 0.1) is 0 Å². The molecule has 6 nitrogen and oxygen atoms in total. The molecule has 0 amide bonds. The molecule has 0 saturated heterocycles. The molecule has 22 aromatic rings. The van der Waals surface area contributed by atoms with Crippen LogP contribution in [0.4, 0.5) is 85.3 Å². The maximum absolute atomic E-state index is 8.36. The Hall–Kier alpha value is -15.2. The minimum absolute atomic E-state index is 0.338. The number of para-hydroxylation sites is 6. The summed E-state index contributed by atoms with van der Waals surface area (Å²) in [6.45, 7) is -0.679. The molecule has 125 heavy (non-hydrogen) atoms. The van der Waals surface area contributed by atoms with Gasteiger partial charge < -0.3 is 29.2 Å².